The Morgan fingerprint density at radius 2 is 2.05 bits per heavy atom. The van der Waals surface area contributed by atoms with Gasteiger partial charge < -0.3 is 25.4 Å². The molecule has 1 aliphatic heterocycles. The van der Waals surface area contributed by atoms with Crippen LogP contribution in [0.5, 0.6) is 5.75 Å². The Morgan fingerprint density at radius 3 is 2.82 bits per heavy atom. The van der Waals surface area contributed by atoms with Crippen molar-refractivity contribution in [2.24, 2.45) is 0 Å². The molecule has 0 spiro atoms. The van der Waals surface area contributed by atoms with Crippen LogP contribution in [0, 0.1) is 18.2 Å². The lowest BCUT2D eigenvalue weighted by Gasteiger charge is -2.30. The fraction of sp³-hybridized carbons (Fsp3) is 0.483. The molecule has 2 aromatic rings. The molecule has 3 atom stereocenters. The zero-order chi connectivity index (χ0) is 27.5. The second-order valence-corrected chi connectivity index (χ2v) is 9.60. The maximum Gasteiger partial charge on any atom is 0.244 e. The van der Waals surface area contributed by atoms with E-state index in [1.807, 2.05) is 12.3 Å². The first kappa shape index (κ1) is 29.1. The van der Waals surface area contributed by atoms with E-state index in [4.69, 9.17) is 11.2 Å². The van der Waals surface area contributed by atoms with Gasteiger partial charge in [-0.05, 0) is 54.5 Å². The first-order valence-electron chi connectivity index (χ1n) is 13.0. The van der Waals surface area contributed by atoms with Crippen molar-refractivity contribution in [3.05, 3.63) is 59.2 Å². The Hall–Kier alpha value is -3.48. The highest BCUT2D eigenvalue weighted by molar-refractivity contribution is 5.88. The molecule has 1 aromatic heterocycles. The number of aliphatic hydroxyl groups excluding tert-OH is 1. The number of carbonyl (C=O) groups is 2. The Balaban J connectivity index is 1.82. The lowest BCUT2D eigenvalue weighted by atomic mass is 9.99. The number of amides is 2. The topological polar surface area (TPSA) is 104 Å². The number of benzene rings is 1. The van der Waals surface area contributed by atoms with Crippen LogP contribution in [0.4, 0.5) is 4.39 Å². The second-order valence-electron chi connectivity index (χ2n) is 9.60. The lowest BCUT2D eigenvalue weighted by molar-refractivity contribution is -0.139. The van der Waals surface area contributed by atoms with E-state index >= 15 is 0 Å². The monoisotopic (exact) mass is 524 g/mol. The van der Waals surface area contributed by atoms with Crippen molar-refractivity contribution in [2.75, 3.05) is 20.2 Å². The summed E-state index contributed by atoms with van der Waals surface area (Å²) in [4.78, 5) is 31.7. The van der Waals surface area contributed by atoms with E-state index in [1.165, 1.54) is 17.0 Å². The van der Waals surface area contributed by atoms with E-state index in [9.17, 15) is 19.1 Å². The molecule has 0 fully saturated rings. The van der Waals surface area contributed by atoms with Crippen LogP contribution in [-0.4, -0.2) is 65.2 Å². The molecule has 2 heterocycles. The minimum Gasteiger partial charge on any atom is -0.493 e. The number of carbonyl (C=O) groups excluding carboxylic acids is 2. The third kappa shape index (κ3) is 8.54. The van der Waals surface area contributed by atoms with Crippen LogP contribution < -0.4 is 15.4 Å². The number of nitrogens with zero attached hydrogens (tertiary/aromatic N) is 2. The van der Waals surface area contributed by atoms with Gasteiger partial charge in [-0.25, -0.2) is 4.39 Å². The molecule has 3 rings (SSSR count). The number of nitrogens with one attached hydrogen (secondary N) is 2. The van der Waals surface area contributed by atoms with Gasteiger partial charge in [-0.1, -0.05) is 13.0 Å². The van der Waals surface area contributed by atoms with Gasteiger partial charge in [-0.15, -0.1) is 12.3 Å². The van der Waals surface area contributed by atoms with E-state index in [2.05, 4.69) is 28.5 Å². The maximum absolute atomic E-state index is 14.4. The predicted molar refractivity (Wildman–Crippen MR) is 143 cm³/mol. The number of pyridine rings is 1. The SMILES string of the molecule is C#CCC1C(=O)N[C@H]([C@H](O)CNCc2cncc(CC)c2)Cc2cc(F)cc(c2)OCCCCC(=O)N1C. The van der Waals surface area contributed by atoms with Crippen molar-refractivity contribution in [1.29, 1.82) is 0 Å². The van der Waals surface area contributed by atoms with Crippen molar-refractivity contribution < 1.29 is 23.8 Å². The quantitative estimate of drug-likeness (QED) is 0.481. The Labute approximate surface area is 224 Å². The third-order valence-electron chi connectivity index (χ3n) is 6.65. The summed E-state index contributed by atoms with van der Waals surface area (Å²) in [5, 5.41) is 17.2. The first-order valence-corrected chi connectivity index (χ1v) is 13.0. The highest BCUT2D eigenvalue weighted by atomic mass is 19.1. The molecule has 3 N–H and O–H groups in total. The molecular weight excluding hydrogens is 487 g/mol. The summed E-state index contributed by atoms with van der Waals surface area (Å²) >= 11 is 0. The molecule has 2 bridgehead atoms. The average molecular weight is 525 g/mol. The summed E-state index contributed by atoms with van der Waals surface area (Å²) in [7, 11) is 1.56. The molecule has 38 heavy (non-hydrogen) atoms. The standard InChI is InChI=1S/C29H37FN4O4/c1-4-8-26-29(37)33-25(27(35)19-32-18-22-11-20(5-2)16-31-17-22)14-21-12-23(30)15-24(13-21)38-10-7-6-9-28(36)34(26)3/h1,11-13,15-17,25-27,32,35H,5-10,14,18-19H2,2-3H3,(H,33,37)/t25-,26?,27+/m0/s1. The highest BCUT2D eigenvalue weighted by Gasteiger charge is 2.30. The second kappa shape index (κ2) is 14.5. The van der Waals surface area contributed by atoms with Gasteiger partial charge in [-0.2, -0.15) is 0 Å². The van der Waals surface area contributed by atoms with Crippen molar-refractivity contribution in [3.63, 3.8) is 0 Å². The van der Waals surface area contributed by atoms with Crippen molar-refractivity contribution in [1.82, 2.24) is 20.5 Å². The number of halogens is 1. The van der Waals surface area contributed by atoms with Crippen molar-refractivity contribution in [2.45, 2.75) is 70.2 Å². The lowest BCUT2D eigenvalue weighted by Crippen LogP contribution is -2.55. The third-order valence-corrected chi connectivity index (χ3v) is 6.65. The number of ether oxygens (including phenoxy) is 1. The molecule has 9 heteroatoms. The smallest absolute Gasteiger partial charge is 0.244 e. The van der Waals surface area contributed by atoms with Gasteiger partial charge in [-0.3, -0.25) is 14.6 Å². The molecule has 8 nitrogen and oxygen atoms in total. The zero-order valence-electron chi connectivity index (χ0n) is 22.1. The molecule has 0 aliphatic carbocycles. The Bertz CT molecular complexity index is 1140. The number of hydrogen-bond acceptors (Lipinski definition) is 6. The molecule has 1 unspecified atom stereocenters. The molecule has 0 saturated carbocycles. The van der Waals surface area contributed by atoms with Crippen molar-refractivity contribution in [3.8, 4) is 18.1 Å². The molecule has 0 radical (unpaired) electrons. The van der Waals surface area contributed by atoms with E-state index in [1.54, 1.807) is 19.3 Å². The van der Waals surface area contributed by atoms with Crippen LogP contribution in [-0.2, 0) is 29.0 Å². The van der Waals surface area contributed by atoms with Crippen molar-refractivity contribution >= 4 is 11.8 Å². The summed E-state index contributed by atoms with van der Waals surface area (Å²) in [5.74, 6) is 1.70. The number of rotatable bonds is 7. The number of terminal acetylenes is 1. The summed E-state index contributed by atoms with van der Waals surface area (Å²) in [6, 6.07) is 4.75. The van der Waals surface area contributed by atoms with Gasteiger partial charge in [0, 0.05) is 51.4 Å². The fourth-order valence-corrected chi connectivity index (χ4v) is 4.41. The average Bonchev–Trinajstić information content (AvgIpc) is 2.90. The van der Waals surface area contributed by atoms with Gasteiger partial charge >= 0.3 is 0 Å². The number of hydrogen-bond donors (Lipinski definition) is 3. The van der Waals surface area contributed by atoms with Crippen LogP contribution in [0.15, 0.2) is 36.7 Å². The fourth-order valence-electron chi connectivity index (χ4n) is 4.41. The van der Waals surface area contributed by atoms with E-state index < -0.39 is 29.9 Å². The van der Waals surface area contributed by atoms with Gasteiger partial charge in [0.05, 0.1) is 18.8 Å². The molecular formula is C29H37FN4O4. The minimum atomic E-state index is -1.02. The Kier molecular flexibility index (Phi) is 11.1. The van der Waals surface area contributed by atoms with Crippen LogP contribution in [0.2, 0.25) is 0 Å². The molecule has 1 aromatic carbocycles. The number of fused-ring (bicyclic) bond motifs is 2. The molecule has 1 aliphatic rings. The van der Waals surface area contributed by atoms with Crippen LogP contribution in [0.1, 0.15) is 49.3 Å². The maximum atomic E-state index is 14.4. The number of aryl methyl sites for hydroxylation is 1. The zero-order valence-corrected chi connectivity index (χ0v) is 22.1. The first-order chi connectivity index (χ1) is 18.3. The van der Waals surface area contributed by atoms with Gasteiger partial charge in [0.15, 0.2) is 0 Å². The molecule has 204 valence electrons. The molecule has 0 saturated heterocycles. The summed E-state index contributed by atoms with van der Waals surface area (Å²) < 4.78 is 20.1. The van der Waals surface area contributed by atoms with Gasteiger partial charge in [0.2, 0.25) is 11.8 Å². The molecule has 2 amide bonds. The highest BCUT2D eigenvalue weighted by Crippen LogP contribution is 2.20. The number of aliphatic hydroxyl groups is 1. The summed E-state index contributed by atoms with van der Waals surface area (Å²) in [6.45, 7) is 3.02. The van der Waals surface area contributed by atoms with Crippen LogP contribution in [0.3, 0.4) is 0 Å². The number of aromatic nitrogens is 1. The minimum absolute atomic E-state index is 0.0309. The Morgan fingerprint density at radius 1 is 1.26 bits per heavy atom. The summed E-state index contributed by atoms with van der Waals surface area (Å²) in [5.41, 5.74) is 2.65. The summed E-state index contributed by atoms with van der Waals surface area (Å²) in [6.07, 6.45) is 10.5. The van der Waals surface area contributed by atoms with E-state index in [0.29, 0.717) is 37.3 Å². The van der Waals surface area contributed by atoms with Gasteiger partial charge in [0.25, 0.3) is 0 Å². The van der Waals surface area contributed by atoms with E-state index in [-0.39, 0.29) is 31.7 Å². The largest absolute Gasteiger partial charge is 0.493 e. The van der Waals surface area contributed by atoms with Gasteiger partial charge in [0.1, 0.15) is 17.6 Å². The van der Waals surface area contributed by atoms with Crippen LogP contribution in [0.25, 0.3) is 0 Å². The number of likely N-dealkylation sites (N-methyl/N-ethyl adjacent to an activating group) is 1. The van der Waals surface area contributed by atoms with Crippen LogP contribution >= 0.6 is 0 Å². The normalized spacial score (nSPS) is 19.9. The predicted octanol–water partition coefficient (Wildman–Crippen LogP) is 2.37. The van der Waals surface area contributed by atoms with E-state index in [0.717, 1.165) is 17.5 Å².